The Morgan fingerprint density at radius 2 is 2.19 bits per heavy atom. The van der Waals surface area contributed by atoms with E-state index < -0.39 is 0 Å². The SMILES string of the molecule is Cc1ccc(C)c(OCc2nnsc2Cl)c1. The Kier molecular flexibility index (Phi) is 3.41. The van der Waals surface area contributed by atoms with Crippen molar-refractivity contribution in [3.05, 3.63) is 39.4 Å². The summed E-state index contributed by atoms with van der Waals surface area (Å²) in [6.45, 7) is 4.40. The predicted molar refractivity (Wildman–Crippen MR) is 65.2 cm³/mol. The first kappa shape index (κ1) is 11.4. The minimum atomic E-state index is 0.361. The standard InChI is InChI=1S/C11H11ClN2OS/c1-7-3-4-8(2)10(5-7)15-6-9-11(12)16-14-13-9/h3-5H,6H2,1-2H3. The molecule has 0 N–H and O–H groups in total. The van der Waals surface area contributed by atoms with Crippen molar-refractivity contribution in [1.82, 2.24) is 9.59 Å². The number of benzene rings is 1. The van der Waals surface area contributed by atoms with Gasteiger partial charge in [-0.1, -0.05) is 28.2 Å². The number of nitrogens with zero attached hydrogens (tertiary/aromatic N) is 2. The zero-order chi connectivity index (χ0) is 11.5. The normalized spacial score (nSPS) is 10.4. The van der Waals surface area contributed by atoms with E-state index in [-0.39, 0.29) is 0 Å². The van der Waals surface area contributed by atoms with Gasteiger partial charge in [-0.15, -0.1) is 5.10 Å². The topological polar surface area (TPSA) is 35.0 Å². The van der Waals surface area contributed by atoms with Crippen LogP contribution in [-0.2, 0) is 6.61 Å². The summed E-state index contributed by atoms with van der Waals surface area (Å²) in [5, 5.41) is 3.89. The first-order chi connectivity index (χ1) is 7.66. The highest BCUT2D eigenvalue weighted by molar-refractivity contribution is 7.10. The lowest BCUT2D eigenvalue weighted by Gasteiger charge is -2.08. The van der Waals surface area contributed by atoms with Gasteiger partial charge in [-0.25, -0.2) is 0 Å². The molecule has 0 saturated carbocycles. The van der Waals surface area contributed by atoms with Gasteiger partial charge in [-0.05, 0) is 31.0 Å². The maximum absolute atomic E-state index is 5.89. The van der Waals surface area contributed by atoms with Crippen molar-refractivity contribution in [3.63, 3.8) is 0 Å². The van der Waals surface area contributed by atoms with Gasteiger partial charge in [0.1, 0.15) is 22.4 Å². The molecule has 3 nitrogen and oxygen atoms in total. The molecule has 0 bridgehead atoms. The zero-order valence-corrected chi connectivity index (χ0v) is 10.6. The third kappa shape index (κ3) is 2.51. The van der Waals surface area contributed by atoms with E-state index in [1.54, 1.807) is 0 Å². The van der Waals surface area contributed by atoms with Crippen LogP contribution in [0.15, 0.2) is 18.2 Å². The summed E-state index contributed by atoms with van der Waals surface area (Å²) in [5.74, 6) is 0.865. The van der Waals surface area contributed by atoms with Gasteiger partial charge in [0.05, 0.1) is 0 Å². The van der Waals surface area contributed by atoms with Crippen LogP contribution in [0, 0.1) is 13.8 Å². The molecule has 1 heterocycles. The van der Waals surface area contributed by atoms with Crippen molar-refractivity contribution < 1.29 is 4.74 Å². The molecule has 2 aromatic rings. The van der Waals surface area contributed by atoms with Crippen molar-refractivity contribution in [2.45, 2.75) is 20.5 Å². The van der Waals surface area contributed by atoms with Crippen LogP contribution in [0.25, 0.3) is 0 Å². The molecule has 0 aliphatic heterocycles. The lowest BCUT2D eigenvalue weighted by atomic mass is 10.1. The van der Waals surface area contributed by atoms with Crippen molar-refractivity contribution >= 4 is 23.1 Å². The second-order valence-electron chi connectivity index (χ2n) is 3.55. The van der Waals surface area contributed by atoms with Gasteiger partial charge in [0.15, 0.2) is 0 Å². The number of rotatable bonds is 3. The van der Waals surface area contributed by atoms with E-state index >= 15 is 0 Å². The number of aromatic nitrogens is 2. The molecule has 2 rings (SSSR count). The fourth-order valence-electron chi connectivity index (χ4n) is 1.29. The van der Waals surface area contributed by atoms with Gasteiger partial charge in [-0.2, -0.15) is 0 Å². The minimum Gasteiger partial charge on any atom is -0.487 e. The Labute approximate surface area is 103 Å². The summed E-state index contributed by atoms with van der Waals surface area (Å²) in [7, 11) is 0. The Morgan fingerprint density at radius 3 is 2.88 bits per heavy atom. The first-order valence-corrected chi connectivity index (χ1v) is 5.99. The molecule has 0 amide bonds. The van der Waals surface area contributed by atoms with E-state index in [1.165, 1.54) is 17.1 Å². The number of aryl methyl sites for hydroxylation is 2. The molecule has 0 radical (unpaired) electrons. The fourth-order valence-corrected chi connectivity index (χ4v) is 1.89. The summed E-state index contributed by atoms with van der Waals surface area (Å²) in [4.78, 5) is 0. The third-order valence-electron chi connectivity index (χ3n) is 2.22. The summed E-state index contributed by atoms with van der Waals surface area (Å²) in [6, 6.07) is 6.09. The average molecular weight is 255 g/mol. The lowest BCUT2D eigenvalue weighted by Crippen LogP contribution is -1.98. The number of hydrogen-bond donors (Lipinski definition) is 0. The molecule has 5 heteroatoms. The van der Waals surface area contributed by atoms with Gasteiger partial charge < -0.3 is 4.74 Å². The summed E-state index contributed by atoms with van der Waals surface area (Å²) < 4.78 is 10.0. The highest BCUT2D eigenvalue weighted by Crippen LogP contribution is 2.23. The van der Waals surface area contributed by atoms with Crippen molar-refractivity contribution in [3.8, 4) is 5.75 Å². The molecular formula is C11H11ClN2OS. The van der Waals surface area contributed by atoms with E-state index in [4.69, 9.17) is 16.3 Å². The Morgan fingerprint density at radius 1 is 1.38 bits per heavy atom. The van der Waals surface area contributed by atoms with Crippen molar-refractivity contribution in [1.29, 1.82) is 0 Å². The molecule has 0 atom stereocenters. The van der Waals surface area contributed by atoms with Crippen LogP contribution in [0.3, 0.4) is 0 Å². The first-order valence-electron chi connectivity index (χ1n) is 4.83. The highest BCUT2D eigenvalue weighted by Gasteiger charge is 2.07. The number of ether oxygens (including phenoxy) is 1. The van der Waals surface area contributed by atoms with Crippen LogP contribution in [-0.4, -0.2) is 9.59 Å². The van der Waals surface area contributed by atoms with Gasteiger partial charge in [0.25, 0.3) is 0 Å². The van der Waals surface area contributed by atoms with Gasteiger partial charge in [0.2, 0.25) is 0 Å². The van der Waals surface area contributed by atoms with Crippen LogP contribution >= 0.6 is 23.1 Å². The lowest BCUT2D eigenvalue weighted by molar-refractivity contribution is 0.299. The van der Waals surface area contributed by atoms with Crippen LogP contribution in [0.5, 0.6) is 5.75 Å². The van der Waals surface area contributed by atoms with Crippen LogP contribution < -0.4 is 4.74 Å². The Bertz CT molecular complexity index is 498. The van der Waals surface area contributed by atoms with E-state index in [0.29, 0.717) is 16.6 Å². The molecule has 16 heavy (non-hydrogen) atoms. The van der Waals surface area contributed by atoms with Gasteiger partial charge in [-0.3, -0.25) is 0 Å². The molecule has 0 aliphatic rings. The molecule has 0 fully saturated rings. The van der Waals surface area contributed by atoms with Crippen molar-refractivity contribution in [2.75, 3.05) is 0 Å². The number of halogens is 1. The quantitative estimate of drug-likeness (QED) is 0.842. The van der Waals surface area contributed by atoms with Crippen LogP contribution in [0.2, 0.25) is 4.34 Å². The second kappa shape index (κ2) is 4.80. The van der Waals surface area contributed by atoms with E-state index in [9.17, 15) is 0 Å². The summed E-state index contributed by atoms with van der Waals surface area (Å²) in [5.41, 5.74) is 2.96. The van der Waals surface area contributed by atoms with Crippen molar-refractivity contribution in [2.24, 2.45) is 0 Å². The smallest absolute Gasteiger partial charge is 0.141 e. The molecule has 1 aromatic heterocycles. The molecule has 0 unspecified atom stereocenters. The largest absolute Gasteiger partial charge is 0.487 e. The molecule has 1 aromatic carbocycles. The summed E-state index contributed by atoms with van der Waals surface area (Å²) >= 11 is 7.06. The Balaban J connectivity index is 2.10. The predicted octanol–water partition coefficient (Wildman–Crippen LogP) is 3.39. The van der Waals surface area contributed by atoms with Gasteiger partial charge >= 0.3 is 0 Å². The average Bonchev–Trinajstić information content (AvgIpc) is 2.66. The molecule has 0 spiro atoms. The van der Waals surface area contributed by atoms with E-state index in [2.05, 4.69) is 15.7 Å². The van der Waals surface area contributed by atoms with E-state index in [0.717, 1.165) is 11.3 Å². The van der Waals surface area contributed by atoms with Gasteiger partial charge in [0, 0.05) is 11.5 Å². The second-order valence-corrected chi connectivity index (χ2v) is 4.91. The monoisotopic (exact) mass is 254 g/mol. The molecular weight excluding hydrogens is 244 g/mol. The minimum absolute atomic E-state index is 0.361. The maximum Gasteiger partial charge on any atom is 0.141 e. The Hall–Kier alpha value is -1.13. The number of hydrogen-bond acceptors (Lipinski definition) is 4. The summed E-state index contributed by atoms with van der Waals surface area (Å²) in [6.07, 6.45) is 0. The fraction of sp³-hybridized carbons (Fsp3) is 0.273. The molecule has 0 saturated heterocycles. The van der Waals surface area contributed by atoms with Crippen LogP contribution in [0.4, 0.5) is 0 Å². The molecule has 84 valence electrons. The van der Waals surface area contributed by atoms with Crippen LogP contribution in [0.1, 0.15) is 16.8 Å². The highest BCUT2D eigenvalue weighted by atomic mass is 35.5. The maximum atomic E-state index is 5.89. The third-order valence-corrected chi connectivity index (χ3v) is 3.20. The zero-order valence-electron chi connectivity index (χ0n) is 9.03. The molecule has 0 aliphatic carbocycles. The van der Waals surface area contributed by atoms with E-state index in [1.807, 2.05) is 26.0 Å².